The predicted octanol–water partition coefficient (Wildman–Crippen LogP) is 4.26. The van der Waals surface area contributed by atoms with Crippen molar-refractivity contribution in [1.82, 2.24) is 9.97 Å². The van der Waals surface area contributed by atoms with E-state index in [-0.39, 0.29) is 10.8 Å². The van der Waals surface area contributed by atoms with Crippen molar-refractivity contribution in [2.24, 2.45) is 0 Å². The number of phenols is 1. The summed E-state index contributed by atoms with van der Waals surface area (Å²) in [6, 6.07) is 4.95. The molecule has 20 heavy (non-hydrogen) atoms. The van der Waals surface area contributed by atoms with E-state index >= 15 is 0 Å². The van der Waals surface area contributed by atoms with E-state index in [0.717, 1.165) is 34.4 Å². The number of benzene rings is 1. The van der Waals surface area contributed by atoms with E-state index in [4.69, 9.17) is 11.6 Å². The fourth-order valence-corrected chi connectivity index (χ4v) is 2.59. The number of aryl methyl sites for hydroxylation is 1. The summed E-state index contributed by atoms with van der Waals surface area (Å²) in [5, 5.41) is 12.8. The normalized spacial score (nSPS) is 10.6. The molecule has 1 heterocycles. The van der Waals surface area contributed by atoms with Gasteiger partial charge in [-0.2, -0.15) is 0 Å². The number of aromatic hydroxyl groups is 1. The molecule has 0 fully saturated rings. The van der Waals surface area contributed by atoms with E-state index in [1.165, 1.54) is 0 Å². The molecule has 106 valence electrons. The average Bonchev–Trinajstić information content (AvgIpc) is 2.44. The molecule has 0 aliphatic rings. The number of halogens is 2. The molecule has 0 aliphatic carbocycles. The number of aromatic nitrogens is 2. The molecule has 4 nitrogen and oxygen atoms in total. The Morgan fingerprint density at radius 3 is 2.70 bits per heavy atom. The molecule has 0 amide bonds. The minimum Gasteiger partial charge on any atom is -0.506 e. The van der Waals surface area contributed by atoms with Crippen molar-refractivity contribution in [2.75, 3.05) is 12.4 Å². The zero-order valence-electron chi connectivity index (χ0n) is 11.2. The lowest BCUT2D eigenvalue weighted by Gasteiger charge is -2.11. The lowest BCUT2D eigenvalue weighted by molar-refractivity contribution is 0.475. The third-order valence-corrected chi connectivity index (χ3v) is 3.99. The van der Waals surface area contributed by atoms with E-state index in [1.807, 2.05) is 7.05 Å². The summed E-state index contributed by atoms with van der Waals surface area (Å²) >= 11 is 9.46. The fraction of sp³-hybridized carbons (Fsp3) is 0.286. The largest absolute Gasteiger partial charge is 0.506 e. The van der Waals surface area contributed by atoms with E-state index in [1.54, 1.807) is 18.2 Å². The summed E-state index contributed by atoms with van der Waals surface area (Å²) in [7, 11) is 1.82. The average molecular weight is 357 g/mol. The topological polar surface area (TPSA) is 58.0 Å². The molecule has 2 N–H and O–H groups in total. The van der Waals surface area contributed by atoms with Gasteiger partial charge in [0.1, 0.15) is 11.6 Å². The van der Waals surface area contributed by atoms with Gasteiger partial charge in [0.05, 0.1) is 15.2 Å². The highest BCUT2D eigenvalue weighted by Gasteiger charge is 2.13. The Balaban J connectivity index is 2.55. The number of nitrogens with one attached hydrogen (secondary N) is 1. The van der Waals surface area contributed by atoms with E-state index in [2.05, 4.69) is 38.1 Å². The van der Waals surface area contributed by atoms with Gasteiger partial charge in [-0.3, -0.25) is 0 Å². The van der Waals surface area contributed by atoms with Crippen LogP contribution in [0.25, 0.3) is 11.4 Å². The van der Waals surface area contributed by atoms with Gasteiger partial charge in [0.25, 0.3) is 0 Å². The molecular formula is C14H15BrClN3O. The molecule has 0 unspecified atom stereocenters. The highest BCUT2D eigenvalue weighted by atomic mass is 79.9. The second-order valence-electron chi connectivity index (χ2n) is 4.32. The van der Waals surface area contributed by atoms with Crippen molar-refractivity contribution in [1.29, 1.82) is 0 Å². The van der Waals surface area contributed by atoms with Crippen LogP contribution < -0.4 is 5.32 Å². The fourth-order valence-electron chi connectivity index (χ4n) is 1.84. The summed E-state index contributed by atoms with van der Waals surface area (Å²) in [5.41, 5.74) is 1.72. The van der Waals surface area contributed by atoms with Gasteiger partial charge in [-0.05, 0) is 40.5 Å². The molecular weight excluding hydrogens is 342 g/mol. The summed E-state index contributed by atoms with van der Waals surface area (Å²) in [4.78, 5) is 9.04. The number of phenolic OH excluding ortho intramolecular Hbond substituents is 1. The van der Waals surface area contributed by atoms with Crippen LogP contribution in [0.1, 0.15) is 19.0 Å². The van der Waals surface area contributed by atoms with Crippen LogP contribution in [0.15, 0.2) is 22.7 Å². The highest BCUT2D eigenvalue weighted by molar-refractivity contribution is 9.10. The van der Waals surface area contributed by atoms with Crippen molar-refractivity contribution in [3.05, 3.63) is 33.4 Å². The molecule has 2 rings (SSSR count). The van der Waals surface area contributed by atoms with E-state index in [9.17, 15) is 5.11 Å². The Labute approximate surface area is 131 Å². The molecule has 1 aromatic heterocycles. The molecule has 1 aromatic carbocycles. The van der Waals surface area contributed by atoms with Crippen LogP contribution in [0.5, 0.6) is 5.75 Å². The Morgan fingerprint density at radius 2 is 2.10 bits per heavy atom. The van der Waals surface area contributed by atoms with E-state index in [0.29, 0.717) is 5.82 Å². The van der Waals surface area contributed by atoms with Crippen LogP contribution in [0.4, 0.5) is 5.82 Å². The smallest absolute Gasteiger partial charge is 0.161 e. The van der Waals surface area contributed by atoms with Crippen molar-refractivity contribution >= 4 is 33.3 Å². The summed E-state index contributed by atoms with van der Waals surface area (Å²) in [6.07, 6.45) is 1.85. The number of rotatable bonds is 4. The van der Waals surface area contributed by atoms with Gasteiger partial charge in [0.15, 0.2) is 5.82 Å². The van der Waals surface area contributed by atoms with Crippen molar-refractivity contribution in [2.45, 2.75) is 19.8 Å². The first-order chi connectivity index (χ1) is 9.56. The number of hydrogen-bond donors (Lipinski definition) is 2. The summed E-state index contributed by atoms with van der Waals surface area (Å²) in [6.45, 7) is 2.10. The molecule has 0 bridgehead atoms. The van der Waals surface area contributed by atoms with Gasteiger partial charge in [0, 0.05) is 12.6 Å². The number of nitrogens with zero attached hydrogens (tertiary/aromatic N) is 2. The molecule has 0 radical (unpaired) electrons. The molecule has 0 aliphatic heterocycles. The second-order valence-corrected chi connectivity index (χ2v) is 5.52. The van der Waals surface area contributed by atoms with Gasteiger partial charge in [-0.1, -0.05) is 24.9 Å². The third-order valence-electron chi connectivity index (χ3n) is 2.85. The quantitative estimate of drug-likeness (QED) is 0.859. The minimum atomic E-state index is 0.0511. The standard InChI is InChI=1S/C14H15BrClN3O/c1-3-4-10-12(15)14(17-2)19-13(18-10)8-5-6-11(20)9(16)7-8/h5-7,20H,3-4H2,1-2H3,(H,17,18,19). The first-order valence-corrected chi connectivity index (χ1v) is 7.47. The van der Waals surface area contributed by atoms with Crippen LogP contribution >= 0.6 is 27.5 Å². The first-order valence-electron chi connectivity index (χ1n) is 6.29. The van der Waals surface area contributed by atoms with Gasteiger partial charge >= 0.3 is 0 Å². The monoisotopic (exact) mass is 355 g/mol. The van der Waals surface area contributed by atoms with Crippen LogP contribution in [-0.2, 0) is 6.42 Å². The SMILES string of the molecule is CCCc1nc(-c2ccc(O)c(Cl)c2)nc(NC)c1Br. The highest BCUT2D eigenvalue weighted by Crippen LogP contribution is 2.31. The maximum atomic E-state index is 9.48. The summed E-state index contributed by atoms with van der Waals surface area (Å²) < 4.78 is 0.885. The first kappa shape index (κ1) is 15.1. The minimum absolute atomic E-state index is 0.0511. The zero-order valence-corrected chi connectivity index (χ0v) is 13.6. The van der Waals surface area contributed by atoms with Crippen molar-refractivity contribution < 1.29 is 5.11 Å². The molecule has 0 spiro atoms. The van der Waals surface area contributed by atoms with Crippen LogP contribution in [-0.4, -0.2) is 22.1 Å². The maximum absolute atomic E-state index is 9.48. The lowest BCUT2D eigenvalue weighted by atomic mass is 10.2. The molecule has 0 atom stereocenters. The Bertz CT molecular complexity index is 634. The number of anilines is 1. The second kappa shape index (κ2) is 6.41. The Kier molecular flexibility index (Phi) is 4.83. The predicted molar refractivity (Wildman–Crippen MR) is 85.4 cm³/mol. The van der Waals surface area contributed by atoms with Gasteiger partial charge in [-0.15, -0.1) is 0 Å². The molecule has 0 saturated heterocycles. The van der Waals surface area contributed by atoms with Crippen molar-refractivity contribution in [3.8, 4) is 17.1 Å². The molecule has 6 heteroatoms. The Morgan fingerprint density at radius 1 is 1.35 bits per heavy atom. The van der Waals surface area contributed by atoms with Gasteiger partial charge in [-0.25, -0.2) is 9.97 Å². The van der Waals surface area contributed by atoms with Gasteiger partial charge < -0.3 is 10.4 Å². The maximum Gasteiger partial charge on any atom is 0.161 e. The van der Waals surface area contributed by atoms with Crippen LogP contribution in [0.3, 0.4) is 0 Å². The van der Waals surface area contributed by atoms with E-state index < -0.39 is 0 Å². The van der Waals surface area contributed by atoms with Crippen LogP contribution in [0.2, 0.25) is 5.02 Å². The zero-order chi connectivity index (χ0) is 14.7. The lowest BCUT2D eigenvalue weighted by Crippen LogP contribution is -2.03. The molecule has 2 aromatic rings. The number of hydrogen-bond acceptors (Lipinski definition) is 4. The van der Waals surface area contributed by atoms with Crippen molar-refractivity contribution in [3.63, 3.8) is 0 Å². The van der Waals surface area contributed by atoms with Crippen LogP contribution in [0, 0.1) is 0 Å². The Hall–Kier alpha value is -1.33. The molecule has 0 saturated carbocycles. The summed E-state index contributed by atoms with van der Waals surface area (Å²) in [5.74, 6) is 1.38. The van der Waals surface area contributed by atoms with Gasteiger partial charge in [0.2, 0.25) is 0 Å². The third kappa shape index (κ3) is 3.04.